The van der Waals surface area contributed by atoms with Crippen molar-refractivity contribution in [2.24, 2.45) is 0 Å². The quantitative estimate of drug-likeness (QED) is 0.649. The van der Waals surface area contributed by atoms with Crippen molar-refractivity contribution in [2.45, 2.75) is 18.8 Å². The van der Waals surface area contributed by atoms with E-state index in [9.17, 15) is 4.79 Å². The molecule has 0 saturated carbocycles. The summed E-state index contributed by atoms with van der Waals surface area (Å²) in [6.07, 6.45) is 3.05. The van der Waals surface area contributed by atoms with Gasteiger partial charge in [0.05, 0.1) is 16.8 Å². The van der Waals surface area contributed by atoms with Crippen molar-refractivity contribution in [3.05, 3.63) is 58.1 Å². The molecule has 1 aromatic carbocycles. The van der Waals surface area contributed by atoms with Gasteiger partial charge in [-0.15, -0.1) is 10.2 Å². The third kappa shape index (κ3) is 3.34. The monoisotopic (exact) mass is 391 g/mol. The normalized spacial score (nSPS) is 15.4. The summed E-state index contributed by atoms with van der Waals surface area (Å²) in [7, 11) is 0. The highest BCUT2D eigenvalue weighted by molar-refractivity contribution is 6.36. The molecule has 8 heteroatoms. The number of halogens is 2. The minimum absolute atomic E-state index is 0.0908. The minimum atomic E-state index is -0.0908. The number of carbonyl (C=O) groups is 1. The van der Waals surface area contributed by atoms with Gasteiger partial charge in [-0.3, -0.25) is 4.79 Å². The number of hydrogen-bond acceptors (Lipinski definition) is 5. The van der Waals surface area contributed by atoms with Gasteiger partial charge in [0.25, 0.3) is 11.8 Å². The lowest BCUT2D eigenvalue weighted by atomic mass is 9.96. The Labute approximate surface area is 159 Å². The van der Waals surface area contributed by atoms with E-state index in [-0.39, 0.29) is 11.8 Å². The zero-order chi connectivity index (χ0) is 18.1. The van der Waals surface area contributed by atoms with E-state index in [1.165, 1.54) is 0 Å². The zero-order valence-electron chi connectivity index (χ0n) is 13.7. The van der Waals surface area contributed by atoms with E-state index in [0.29, 0.717) is 46.2 Å². The number of carbonyl (C=O) groups excluding carboxylic acids is 1. The Bertz CT molecular complexity index is 916. The maximum Gasteiger partial charge on any atom is 0.283 e. The molecule has 1 aliphatic heterocycles. The lowest BCUT2D eigenvalue weighted by Gasteiger charge is -2.30. The van der Waals surface area contributed by atoms with Crippen LogP contribution in [0.3, 0.4) is 0 Å². The summed E-state index contributed by atoms with van der Waals surface area (Å²) < 4.78 is 11.0. The molecule has 0 bridgehead atoms. The molecular weight excluding hydrogens is 377 g/mol. The molecular formula is C18H15Cl2N3O3. The van der Waals surface area contributed by atoms with Crippen molar-refractivity contribution in [3.8, 4) is 11.7 Å². The number of piperidine rings is 1. The number of benzene rings is 1. The van der Waals surface area contributed by atoms with Gasteiger partial charge in [-0.1, -0.05) is 23.2 Å². The number of aromatic nitrogens is 2. The molecule has 6 nitrogen and oxygen atoms in total. The highest BCUT2D eigenvalue weighted by Gasteiger charge is 2.29. The second kappa shape index (κ2) is 7.13. The first-order valence-corrected chi connectivity index (χ1v) is 8.99. The molecule has 0 aliphatic carbocycles. The second-order valence-corrected chi connectivity index (χ2v) is 6.96. The highest BCUT2D eigenvalue weighted by atomic mass is 35.5. The summed E-state index contributed by atoms with van der Waals surface area (Å²) in [4.78, 5) is 14.5. The van der Waals surface area contributed by atoms with Gasteiger partial charge >= 0.3 is 0 Å². The van der Waals surface area contributed by atoms with Gasteiger partial charge in [-0.25, -0.2) is 0 Å². The SMILES string of the molecule is O=C(c1ccc(Cl)cc1Cl)N1CCC(c2nnc(-c3ccco3)o2)CC1. The summed E-state index contributed by atoms with van der Waals surface area (Å²) in [6.45, 7) is 1.20. The molecule has 0 atom stereocenters. The minimum Gasteiger partial charge on any atom is -0.459 e. The van der Waals surface area contributed by atoms with Crippen LogP contribution in [-0.2, 0) is 0 Å². The molecule has 1 fully saturated rings. The molecule has 1 amide bonds. The maximum absolute atomic E-state index is 12.7. The van der Waals surface area contributed by atoms with Crippen molar-refractivity contribution < 1.29 is 13.6 Å². The predicted molar refractivity (Wildman–Crippen MR) is 96.3 cm³/mol. The Morgan fingerprint density at radius 3 is 2.65 bits per heavy atom. The van der Waals surface area contributed by atoms with E-state index in [1.54, 1.807) is 41.5 Å². The van der Waals surface area contributed by atoms with Crippen molar-refractivity contribution >= 4 is 29.1 Å². The van der Waals surface area contributed by atoms with Crippen LogP contribution in [0.5, 0.6) is 0 Å². The van der Waals surface area contributed by atoms with E-state index in [4.69, 9.17) is 32.0 Å². The lowest BCUT2D eigenvalue weighted by Crippen LogP contribution is -2.38. The molecule has 1 saturated heterocycles. The summed E-state index contributed by atoms with van der Waals surface area (Å²) in [6, 6.07) is 8.45. The second-order valence-electron chi connectivity index (χ2n) is 6.11. The van der Waals surface area contributed by atoms with Crippen LogP contribution in [0, 0.1) is 0 Å². The van der Waals surface area contributed by atoms with Crippen LogP contribution >= 0.6 is 23.2 Å². The lowest BCUT2D eigenvalue weighted by molar-refractivity contribution is 0.0706. The van der Waals surface area contributed by atoms with Gasteiger partial charge in [-0.05, 0) is 43.2 Å². The van der Waals surface area contributed by atoms with Crippen LogP contribution in [0.25, 0.3) is 11.7 Å². The van der Waals surface area contributed by atoms with Crippen LogP contribution in [0.1, 0.15) is 35.0 Å². The number of hydrogen-bond donors (Lipinski definition) is 0. The van der Waals surface area contributed by atoms with Gasteiger partial charge in [0.15, 0.2) is 5.76 Å². The molecule has 0 radical (unpaired) electrons. The van der Waals surface area contributed by atoms with Crippen molar-refractivity contribution in [3.63, 3.8) is 0 Å². The largest absolute Gasteiger partial charge is 0.459 e. The van der Waals surface area contributed by atoms with Crippen LogP contribution in [0.15, 0.2) is 45.4 Å². The predicted octanol–water partition coefficient (Wildman–Crippen LogP) is 4.66. The van der Waals surface area contributed by atoms with Gasteiger partial charge < -0.3 is 13.7 Å². The molecule has 0 spiro atoms. The Balaban J connectivity index is 1.42. The van der Waals surface area contributed by atoms with Gasteiger partial charge in [0.2, 0.25) is 5.89 Å². The average Bonchev–Trinajstić information content (AvgIpc) is 3.33. The van der Waals surface area contributed by atoms with E-state index >= 15 is 0 Å². The molecule has 3 aromatic rings. The number of amides is 1. The van der Waals surface area contributed by atoms with E-state index < -0.39 is 0 Å². The molecule has 1 aliphatic rings. The Kier molecular flexibility index (Phi) is 4.70. The third-order valence-electron chi connectivity index (χ3n) is 4.47. The summed E-state index contributed by atoms with van der Waals surface area (Å²) in [5.74, 6) is 1.53. The first-order valence-electron chi connectivity index (χ1n) is 8.23. The van der Waals surface area contributed by atoms with E-state index in [1.807, 2.05) is 0 Å². The summed E-state index contributed by atoms with van der Waals surface area (Å²) >= 11 is 12.0. The smallest absolute Gasteiger partial charge is 0.283 e. The van der Waals surface area contributed by atoms with Crippen LogP contribution in [0.4, 0.5) is 0 Å². The molecule has 26 heavy (non-hydrogen) atoms. The Morgan fingerprint density at radius 2 is 1.96 bits per heavy atom. The standard InChI is InChI=1S/C18H15Cl2N3O3/c19-12-3-4-13(14(20)10-12)18(24)23-7-5-11(6-8-23)16-21-22-17(26-16)15-2-1-9-25-15/h1-4,9-11H,5-8H2. The van der Waals surface area contributed by atoms with Crippen molar-refractivity contribution in [1.82, 2.24) is 15.1 Å². The maximum atomic E-state index is 12.7. The number of nitrogens with zero attached hydrogens (tertiary/aromatic N) is 3. The zero-order valence-corrected chi connectivity index (χ0v) is 15.2. The summed E-state index contributed by atoms with van der Waals surface area (Å²) in [5, 5.41) is 9.04. The Hall–Kier alpha value is -2.31. The number of furan rings is 1. The van der Waals surface area contributed by atoms with Gasteiger partial charge in [0, 0.05) is 24.0 Å². The summed E-state index contributed by atoms with van der Waals surface area (Å²) in [5.41, 5.74) is 0.465. The average molecular weight is 392 g/mol. The fourth-order valence-corrected chi connectivity index (χ4v) is 3.55. The molecule has 0 N–H and O–H groups in total. The molecule has 2 aromatic heterocycles. The Morgan fingerprint density at radius 1 is 1.15 bits per heavy atom. The fraction of sp³-hybridized carbons (Fsp3) is 0.278. The van der Waals surface area contributed by atoms with Crippen molar-refractivity contribution in [1.29, 1.82) is 0 Å². The number of rotatable bonds is 3. The molecule has 134 valence electrons. The fourth-order valence-electron chi connectivity index (χ4n) is 3.06. The first-order chi connectivity index (χ1) is 12.6. The third-order valence-corrected chi connectivity index (χ3v) is 5.01. The van der Waals surface area contributed by atoms with Gasteiger partial charge in [-0.2, -0.15) is 0 Å². The van der Waals surface area contributed by atoms with E-state index in [2.05, 4.69) is 10.2 Å². The molecule has 3 heterocycles. The first kappa shape index (κ1) is 17.1. The molecule has 4 rings (SSSR count). The topological polar surface area (TPSA) is 72.4 Å². The van der Waals surface area contributed by atoms with Crippen LogP contribution in [-0.4, -0.2) is 34.1 Å². The van der Waals surface area contributed by atoms with Crippen molar-refractivity contribution in [2.75, 3.05) is 13.1 Å². The molecule has 0 unspecified atom stereocenters. The van der Waals surface area contributed by atoms with Crippen LogP contribution in [0.2, 0.25) is 10.0 Å². The van der Waals surface area contributed by atoms with Gasteiger partial charge in [0.1, 0.15) is 0 Å². The highest BCUT2D eigenvalue weighted by Crippen LogP contribution is 2.31. The van der Waals surface area contributed by atoms with E-state index in [0.717, 1.165) is 12.8 Å². The number of likely N-dealkylation sites (tertiary alicyclic amines) is 1. The van der Waals surface area contributed by atoms with Crippen LogP contribution < -0.4 is 0 Å².